The van der Waals surface area contributed by atoms with Crippen LogP contribution < -0.4 is 10.6 Å². The topological polar surface area (TPSA) is 82.5 Å². The highest BCUT2D eigenvalue weighted by molar-refractivity contribution is 5.96. The zero-order chi connectivity index (χ0) is 25.6. The van der Waals surface area contributed by atoms with E-state index in [4.69, 9.17) is 5.10 Å². The molecule has 3 amide bonds. The van der Waals surface area contributed by atoms with E-state index in [-0.39, 0.29) is 23.9 Å². The molecule has 3 aromatic rings. The van der Waals surface area contributed by atoms with Crippen LogP contribution in [0.15, 0.2) is 60.7 Å². The predicted octanol–water partition coefficient (Wildman–Crippen LogP) is 4.51. The minimum Gasteiger partial charge on any atom is -0.314 e. The van der Waals surface area contributed by atoms with Crippen LogP contribution in [0.2, 0.25) is 0 Å². The van der Waals surface area contributed by atoms with Gasteiger partial charge < -0.3 is 20.4 Å². The van der Waals surface area contributed by atoms with E-state index in [1.54, 1.807) is 4.68 Å². The normalized spacial score (nSPS) is 11.4. The van der Waals surface area contributed by atoms with E-state index in [1.165, 1.54) is 4.90 Å². The Morgan fingerprint density at radius 2 is 1.60 bits per heavy atom. The summed E-state index contributed by atoms with van der Waals surface area (Å²) in [5, 5.41) is 10.7. The van der Waals surface area contributed by atoms with Crippen LogP contribution in [0.1, 0.15) is 32.0 Å². The maximum atomic E-state index is 13.2. The number of benzene rings is 2. The smallest absolute Gasteiger partial charge is 0.314 e. The molecule has 35 heavy (non-hydrogen) atoms. The van der Waals surface area contributed by atoms with E-state index < -0.39 is 0 Å². The Morgan fingerprint density at radius 1 is 0.943 bits per heavy atom. The lowest BCUT2D eigenvalue weighted by Gasteiger charge is -2.24. The molecule has 0 atom stereocenters. The van der Waals surface area contributed by atoms with Crippen molar-refractivity contribution in [3.63, 3.8) is 0 Å². The second-order valence-corrected chi connectivity index (χ2v) is 9.93. The van der Waals surface area contributed by atoms with Gasteiger partial charge in [0.1, 0.15) is 12.4 Å². The fraction of sp³-hybridized carbons (Fsp3) is 0.370. The van der Waals surface area contributed by atoms with Crippen molar-refractivity contribution in [1.82, 2.24) is 19.6 Å². The molecular formula is C27H36N6O2. The highest BCUT2D eigenvalue weighted by atomic mass is 16.2. The zero-order valence-corrected chi connectivity index (χ0v) is 21.5. The summed E-state index contributed by atoms with van der Waals surface area (Å²) >= 11 is 0. The number of amides is 3. The van der Waals surface area contributed by atoms with Crippen molar-refractivity contribution in [2.75, 3.05) is 44.4 Å². The van der Waals surface area contributed by atoms with E-state index in [9.17, 15) is 9.59 Å². The molecule has 8 heteroatoms. The number of rotatable bonds is 8. The average Bonchev–Trinajstić information content (AvgIpc) is 3.21. The first-order valence-corrected chi connectivity index (χ1v) is 11.8. The van der Waals surface area contributed by atoms with Crippen molar-refractivity contribution in [2.45, 2.75) is 33.1 Å². The molecule has 0 saturated heterocycles. The molecule has 186 valence electrons. The fourth-order valence-corrected chi connectivity index (χ4v) is 3.47. The first-order valence-electron chi connectivity index (χ1n) is 11.8. The van der Waals surface area contributed by atoms with Crippen LogP contribution in [0, 0.1) is 6.92 Å². The lowest BCUT2D eigenvalue weighted by molar-refractivity contribution is -0.116. The van der Waals surface area contributed by atoms with Crippen molar-refractivity contribution in [3.8, 4) is 5.69 Å². The largest absolute Gasteiger partial charge is 0.322 e. The molecule has 0 aliphatic carbocycles. The van der Waals surface area contributed by atoms with Gasteiger partial charge in [-0.05, 0) is 44.8 Å². The third kappa shape index (κ3) is 7.16. The molecule has 0 saturated carbocycles. The van der Waals surface area contributed by atoms with Crippen molar-refractivity contribution in [2.24, 2.45) is 0 Å². The Kier molecular flexibility index (Phi) is 8.30. The van der Waals surface area contributed by atoms with Crippen LogP contribution in [0.25, 0.3) is 5.69 Å². The van der Waals surface area contributed by atoms with Gasteiger partial charge in [-0.15, -0.1) is 0 Å². The first kappa shape index (κ1) is 26.0. The maximum Gasteiger partial charge on any atom is 0.322 e. The number of aryl methyl sites for hydroxylation is 1. The highest BCUT2D eigenvalue weighted by Gasteiger charge is 2.23. The van der Waals surface area contributed by atoms with Gasteiger partial charge in [0.25, 0.3) is 0 Å². The van der Waals surface area contributed by atoms with Gasteiger partial charge in [0.05, 0.1) is 11.4 Å². The zero-order valence-electron chi connectivity index (χ0n) is 21.5. The highest BCUT2D eigenvalue weighted by Crippen LogP contribution is 2.27. The number of nitrogens with zero attached hydrogens (tertiary/aromatic N) is 4. The molecule has 0 radical (unpaired) electrons. The van der Waals surface area contributed by atoms with Crippen LogP contribution >= 0.6 is 0 Å². The molecule has 0 unspecified atom stereocenters. The molecule has 2 aromatic carbocycles. The Morgan fingerprint density at radius 3 is 2.23 bits per heavy atom. The summed E-state index contributed by atoms with van der Waals surface area (Å²) in [7, 11) is 3.87. The van der Waals surface area contributed by atoms with Gasteiger partial charge in [0.15, 0.2) is 0 Å². The third-order valence-corrected chi connectivity index (χ3v) is 5.55. The molecule has 0 bridgehead atoms. The maximum absolute atomic E-state index is 13.2. The van der Waals surface area contributed by atoms with Gasteiger partial charge in [-0.2, -0.15) is 5.10 Å². The lowest BCUT2D eigenvalue weighted by atomic mass is 9.92. The van der Waals surface area contributed by atoms with Crippen molar-refractivity contribution < 1.29 is 9.59 Å². The van der Waals surface area contributed by atoms with Gasteiger partial charge in [-0.25, -0.2) is 9.48 Å². The quantitative estimate of drug-likeness (QED) is 0.501. The second kappa shape index (κ2) is 11.2. The molecule has 0 aliphatic heterocycles. The molecule has 0 fully saturated rings. The average molecular weight is 477 g/mol. The van der Waals surface area contributed by atoms with Gasteiger partial charge in [0.2, 0.25) is 5.91 Å². The Hall–Kier alpha value is -3.65. The molecule has 8 nitrogen and oxygen atoms in total. The summed E-state index contributed by atoms with van der Waals surface area (Å²) in [5.74, 6) is 0.285. The first-order chi connectivity index (χ1) is 16.5. The Labute approximate surface area is 207 Å². The van der Waals surface area contributed by atoms with E-state index in [0.717, 1.165) is 16.9 Å². The fourth-order valence-electron chi connectivity index (χ4n) is 3.47. The number of para-hydroxylation sites is 2. The molecular weight excluding hydrogens is 440 g/mol. The molecule has 0 spiro atoms. The Bertz CT molecular complexity index is 1150. The number of carbonyl (C=O) groups is 2. The predicted molar refractivity (Wildman–Crippen MR) is 141 cm³/mol. The molecule has 0 aliphatic rings. The number of likely N-dealkylation sites (N-methyl/N-ethyl adjacent to an activating group) is 1. The van der Waals surface area contributed by atoms with E-state index in [2.05, 4.69) is 31.4 Å². The van der Waals surface area contributed by atoms with Crippen LogP contribution in [-0.4, -0.2) is 65.2 Å². The number of carbonyl (C=O) groups excluding carboxylic acids is 2. The standard InChI is InChI=1S/C27H36N6O2/c1-20-12-10-11-15-22(20)33-24(18-23(30-33)27(2,3)4)29-25(34)19-32(17-16-31(5)6)26(35)28-21-13-8-7-9-14-21/h7-15,18H,16-17,19H2,1-6H3,(H,28,35)(H,29,34). The number of aromatic nitrogens is 2. The summed E-state index contributed by atoms with van der Waals surface area (Å²) in [6.45, 7) is 9.21. The monoisotopic (exact) mass is 476 g/mol. The summed E-state index contributed by atoms with van der Waals surface area (Å²) in [6.07, 6.45) is 0. The van der Waals surface area contributed by atoms with Crippen LogP contribution in [0.3, 0.4) is 0 Å². The van der Waals surface area contributed by atoms with Gasteiger partial charge in [0, 0.05) is 30.3 Å². The van der Waals surface area contributed by atoms with Gasteiger partial charge in [-0.1, -0.05) is 57.2 Å². The number of urea groups is 1. The third-order valence-electron chi connectivity index (χ3n) is 5.55. The van der Waals surface area contributed by atoms with E-state index >= 15 is 0 Å². The number of hydrogen-bond donors (Lipinski definition) is 2. The molecule has 1 aromatic heterocycles. The summed E-state index contributed by atoms with van der Waals surface area (Å²) in [5.41, 5.74) is 3.29. The number of nitrogens with one attached hydrogen (secondary N) is 2. The lowest BCUT2D eigenvalue weighted by Crippen LogP contribution is -2.43. The van der Waals surface area contributed by atoms with Crippen LogP contribution in [0.5, 0.6) is 0 Å². The van der Waals surface area contributed by atoms with Crippen molar-refractivity contribution in [3.05, 3.63) is 71.9 Å². The van der Waals surface area contributed by atoms with Crippen molar-refractivity contribution >= 4 is 23.4 Å². The van der Waals surface area contributed by atoms with E-state index in [0.29, 0.717) is 24.6 Å². The van der Waals surface area contributed by atoms with Crippen LogP contribution in [-0.2, 0) is 10.2 Å². The Balaban J connectivity index is 1.82. The molecule has 2 N–H and O–H groups in total. The second-order valence-electron chi connectivity index (χ2n) is 9.93. The summed E-state index contributed by atoms with van der Waals surface area (Å²) in [6, 6.07) is 18.7. The minimum absolute atomic E-state index is 0.0870. The number of hydrogen-bond acceptors (Lipinski definition) is 4. The molecule has 1 heterocycles. The minimum atomic E-state index is -0.323. The van der Waals surface area contributed by atoms with Gasteiger partial charge >= 0.3 is 6.03 Å². The van der Waals surface area contributed by atoms with Crippen LogP contribution in [0.4, 0.5) is 16.3 Å². The number of anilines is 2. The van der Waals surface area contributed by atoms with Crippen molar-refractivity contribution in [1.29, 1.82) is 0 Å². The summed E-state index contributed by atoms with van der Waals surface area (Å²) in [4.78, 5) is 29.6. The SMILES string of the molecule is Cc1ccccc1-n1nc(C(C)(C)C)cc1NC(=O)CN(CCN(C)C)C(=O)Nc1ccccc1. The molecule has 3 rings (SSSR count). The summed E-state index contributed by atoms with van der Waals surface area (Å²) < 4.78 is 1.77. The van der Waals surface area contributed by atoms with E-state index in [1.807, 2.05) is 86.6 Å². The van der Waals surface area contributed by atoms with Gasteiger partial charge in [-0.3, -0.25) is 4.79 Å².